The van der Waals surface area contributed by atoms with Gasteiger partial charge in [-0.1, -0.05) is 36.4 Å². The Kier molecular flexibility index (Phi) is 9.98. The van der Waals surface area contributed by atoms with E-state index in [-0.39, 0.29) is 18.0 Å². The summed E-state index contributed by atoms with van der Waals surface area (Å²) in [5, 5.41) is 15.8. The number of hydrogen-bond donors (Lipinski definition) is 3. The Balaban J connectivity index is 1.37. The molecule has 3 heterocycles. The van der Waals surface area contributed by atoms with Crippen molar-refractivity contribution in [2.45, 2.75) is 26.2 Å². The summed E-state index contributed by atoms with van der Waals surface area (Å²) in [6, 6.07) is 17.9. The lowest BCUT2D eigenvalue weighted by Gasteiger charge is -2.15. The van der Waals surface area contributed by atoms with Crippen molar-refractivity contribution >= 4 is 22.5 Å². The summed E-state index contributed by atoms with van der Waals surface area (Å²) in [6.07, 6.45) is 4.99. The van der Waals surface area contributed by atoms with Crippen LogP contribution in [-0.4, -0.2) is 53.3 Å². The van der Waals surface area contributed by atoms with Gasteiger partial charge < -0.3 is 25.2 Å². The zero-order chi connectivity index (χ0) is 31.1. The highest BCUT2D eigenvalue weighted by molar-refractivity contribution is 6.03. The van der Waals surface area contributed by atoms with E-state index in [0.717, 1.165) is 33.3 Å². The summed E-state index contributed by atoms with van der Waals surface area (Å²) in [5.41, 5.74) is 6.46. The Morgan fingerprint density at radius 2 is 1.77 bits per heavy atom. The van der Waals surface area contributed by atoms with Crippen molar-refractivity contribution in [3.05, 3.63) is 119 Å². The monoisotopic (exact) mass is 595 g/mol. The third-order valence-corrected chi connectivity index (χ3v) is 7.41. The van der Waals surface area contributed by atoms with E-state index in [9.17, 15) is 4.79 Å². The fourth-order valence-corrected chi connectivity index (χ4v) is 5.12. The number of pyridine rings is 3. The molecule has 0 unspecified atom stereocenters. The molecule has 5 aromatic rings. The number of carbonyl (C=O) groups is 1. The first-order valence-corrected chi connectivity index (χ1v) is 14.2. The standard InChI is InChI=1S/C34H34FN5O4/c1-21-23(17-30-32-24(12-13-37-30)16-22(19-39-32)18-36-14-15-41)6-4-7-26(21)27-8-5-9-28(31(27)35)40-33(42)29-11-10-25(20-38-29)34(43-2)44-3/h4-13,16,19-20,34,36,41H,14-15,17-18H2,1-3H3,(H,40,42). The van der Waals surface area contributed by atoms with Crippen molar-refractivity contribution in [1.82, 2.24) is 20.3 Å². The lowest BCUT2D eigenvalue weighted by molar-refractivity contribution is -0.106. The molecular weight excluding hydrogens is 561 g/mol. The van der Waals surface area contributed by atoms with Gasteiger partial charge in [0.05, 0.1) is 23.5 Å². The molecule has 0 bridgehead atoms. The normalized spacial score (nSPS) is 11.3. The number of anilines is 1. The second-order valence-corrected chi connectivity index (χ2v) is 10.2. The number of nitrogens with one attached hydrogen (secondary N) is 2. The van der Waals surface area contributed by atoms with Crippen molar-refractivity contribution in [1.29, 1.82) is 0 Å². The first kappa shape index (κ1) is 30.8. The average molecular weight is 596 g/mol. The SMILES string of the molecule is COC(OC)c1ccc(C(=O)Nc2cccc(-c3cccc(Cc4nccc5cc(CNCCO)cnc45)c3C)c2F)nc1. The van der Waals surface area contributed by atoms with Crippen LogP contribution >= 0.6 is 0 Å². The summed E-state index contributed by atoms with van der Waals surface area (Å²) in [7, 11) is 3.02. The number of amides is 1. The largest absolute Gasteiger partial charge is 0.395 e. The Bertz CT molecular complexity index is 1760. The highest BCUT2D eigenvalue weighted by Gasteiger charge is 2.18. The molecule has 3 aromatic heterocycles. The third kappa shape index (κ3) is 6.79. The van der Waals surface area contributed by atoms with Crippen molar-refractivity contribution in [2.24, 2.45) is 0 Å². The number of aromatic nitrogens is 3. The van der Waals surface area contributed by atoms with E-state index >= 15 is 4.39 Å². The Hall–Kier alpha value is -4.61. The molecule has 226 valence electrons. The van der Waals surface area contributed by atoms with Gasteiger partial charge >= 0.3 is 0 Å². The van der Waals surface area contributed by atoms with E-state index < -0.39 is 18.0 Å². The first-order valence-electron chi connectivity index (χ1n) is 14.2. The van der Waals surface area contributed by atoms with Crippen LogP contribution in [0.2, 0.25) is 0 Å². The molecule has 10 heteroatoms. The minimum Gasteiger partial charge on any atom is -0.395 e. The average Bonchev–Trinajstić information content (AvgIpc) is 3.04. The van der Waals surface area contributed by atoms with Crippen LogP contribution in [0.15, 0.2) is 79.3 Å². The molecule has 0 radical (unpaired) electrons. The second kappa shape index (κ2) is 14.2. The zero-order valence-corrected chi connectivity index (χ0v) is 24.8. The van der Waals surface area contributed by atoms with Gasteiger partial charge in [0.1, 0.15) is 5.69 Å². The highest BCUT2D eigenvalue weighted by atomic mass is 19.1. The topological polar surface area (TPSA) is 118 Å². The number of methoxy groups -OCH3 is 2. The van der Waals surface area contributed by atoms with Crippen LogP contribution in [-0.2, 0) is 22.4 Å². The number of rotatable bonds is 12. The number of fused-ring (bicyclic) bond motifs is 1. The maximum atomic E-state index is 15.9. The van der Waals surface area contributed by atoms with E-state index in [4.69, 9.17) is 14.6 Å². The molecule has 0 aliphatic carbocycles. The number of nitrogens with zero attached hydrogens (tertiary/aromatic N) is 3. The van der Waals surface area contributed by atoms with Gasteiger partial charge in [-0.05, 0) is 53.4 Å². The number of hydrogen-bond acceptors (Lipinski definition) is 8. The highest BCUT2D eigenvalue weighted by Crippen LogP contribution is 2.33. The molecule has 0 atom stereocenters. The molecule has 2 aromatic carbocycles. The van der Waals surface area contributed by atoms with Crippen molar-refractivity contribution in [2.75, 3.05) is 32.7 Å². The van der Waals surface area contributed by atoms with E-state index in [2.05, 4.69) is 31.7 Å². The van der Waals surface area contributed by atoms with Crippen LogP contribution < -0.4 is 10.6 Å². The van der Waals surface area contributed by atoms with Crippen molar-refractivity contribution in [3.8, 4) is 11.1 Å². The maximum Gasteiger partial charge on any atom is 0.274 e. The van der Waals surface area contributed by atoms with E-state index in [1.807, 2.05) is 37.4 Å². The molecule has 5 rings (SSSR count). The lowest BCUT2D eigenvalue weighted by Crippen LogP contribution is -2.17. The minimum absolute atomic E-state index is 0.0547. The summed E-state index contributed by atoms with van der Waals surface area (Å²) in [5.74, 6) is -1.07. The van der Waals surface area contributed by atoms with Gasteiger partial charge in [-0.25, -0.2) is 4.39 Å². The summed E-state index contributed by atoms with van der Waals surface area (Å²) < 4.78 is 26.3. The van der Waals surface area contributed by atoms with E-state index in [1.165, 1.54) is 32.5 Å². The molecule has 0 fully saturated rings. The molecule has 3 N–H and O–H groups in total. The van der Waals surface area contributed by atoms with Gasteiger partial charge in [-0.3, -0.25) is 19.7 Å². The number of halogens is 1. The molecule has 0 saturated carbocycles. The van der Waals surface area contributed by atoms with Gasteiger partial charge in [0.15, 0.2) is 12.1 Å². The first-order chi connectivity index (χ1) is 21.4. The van der Waals surface area contributed by atoms with Gasteiger partial charge in [0, 0.05) is 68.8 Å². The van der Waals surface area contributed by atoms with E-state index in [0.29, 0.717) is 36.2 Å². The Morgan fingerprint density at radius 1 is 0.977 bits per heavy atom. The van der Waals surface area contributed by atoms with Crippen LogP contribution in [0.4, 0.5) is 10.1 Å². The Morgan fingerprint density at radius 3 is 2.52 bits per heavy atom. The summed E-state index contributed by atoms with van der Waals surface area (Å²) in [4.78, 5) is 26.4. The molecule has 1 amide bonds. The smallest absolute Gasteiger partial charge is 0.274 e. The fraction of sp³-hybridized carbons (Fsp3) is 0.235. The molecule has 44 heavy (non-hydrogen) atoms. The number of aliphatic hydroxyl groups excluding tert-OH is 1. The molecule has 0 aliphatic rings. The number of benzene rings is 2. The molecule has 9 nitrogen and oxygen atoms in total. The van der Waals surface area contributed by atoms with Gasteiger partial charge in [0.25, 0.3) is 5.91 Å². The van der Waals surface area contributed by atoms with E-state index in [1.54, 1.807) is 24.4 Å². The van der Waals surface area contributed by atoms with Crippen LogP contribution in [0.25, 0.3) is 22.0 Å². The number of ether oxygens (including phenoxy) is 2. The van der Waals surface area contributed by atoms with Crippen LogP contribution in [0.5, 0.6) is 0 Å². The number of aliphatic hydroxyl groups is 1. The Labute approximate surface area is 255 Å². The van der Waals surface area contributed by atoms with Crippen LogP contribution in [0.1, 0.15) is 44.7 Å². The predicted molar refractivity (Wildman–Crippen MR) is 167 cm³/mol. The van der Waals surface area contributed by atoms with Crippen molar-refractivity contribution in [3.63, 3.8) is 0 Å². The molecule has 0 aliphatic heterocycles. The fourth-order valence-electron chi connectivity index (χ4n) is 5.12. The molecular formula is C34H34FN5O4. The van der Waals surface area contributed by atoms with Crippen molar-refractivity contribution < 1.29 is 23.8 Å². The molecule has 0 saturated heterocycles. The zero-order valence-electron chi connectivity index (χ0n) is 24.8. The maximum absolute atomic E-state index is 15.9. The predicted octanol–water partition coefficient (Wildman–Crippen LogP) is 5.36. The second-order valence-electron chi connectivity index (χ2n) is 10.2. The summed E-state index contributed by atoms with van der Waals surface area (Å²) in [6.45, 7) is 3.16. The van der Waals surface area contributed by atoms with Gasteiger partial charge in [0.2, 0.25) is 0 Å². The summed E-state index contributed by atoms with van der Waals surface area (Å²) >= 11 is 0. The van der Waals surface area contributed by atoms with Crippen LogP contribution in [0.3, 0.4) is 0 Å². The van der Waals surface area contributed by atoms with Gasteiger partial charge in [-0.15, -0.1) is 0 Å². The third-order valence-electron chi connectivity index (χ3n) is 7.41. The number of carbonyl (C=O) groups excluding carboxylic acids is 1. The van der Waals surface area contributed by atoms with Crippen LogP contribution in [0, 0.1) is 12.7 Å². The molecule has 0 spiro atoms. The lowest BCUT2D eigenvalue weighted by atomic mass is 9.93. The minimum atomic E-state index is -0.598. The van der Waals surface area contributed by atoms with Gasteiger partial charge in [-0.2, -0.15) is 0 Å². The quantitative estimate of drug-likeness (QED) is 0.130.